The highest BCUT2D eigenvalue weighted by Crippen LogP contribution is 2.38. The zero-order chi connectivity index (χ0) is 10.1. The van der Waals surface area contributed by atoms with Crippen LogP contribution in [0, 0.1) is 5.92 Å². The maximum atomic E-state index is 4.00. The summed E-state index contributed by atoms with van der Waals surface area (Å²) in [6.45, 7) is 0. The number of rotatable bonds is 4. The van der Waals surface area contributed by atoms with Crippen LogP contribution in [0.3, 0.4) is 0 Å². The van der Waals surface area contributed by atoms with Gasteiger partial charge in [-0.1, -0.05) is 18.1 Å². The smallest absolute Gasteiger partial charge is 0.153 e. The fourth-order valence-electron chi connectivity index (χ4n) is 1.76. The van der Waals surface area contributed by atoms with E-state index in [4.69, 9.17) is 0 Å². The van der Waals surface area contributed by atoms with Gasteiger partial charge >= 0.3 is 0 Å². The van der Waals surface area contributed by atoms with Crippen LogP contribution in [0.4, 0.5) is 0 Å². The van der Waals surface area contributed by atoms with E-state index in [0.29, 0.717) is 6.04 Å². The van der Waals surface area contributed by atoms with Crippen LogP contribution in [0.1, 0.15) is 31.0 Å². The highest BCUT2D eigenvalue weighted by Gasteiger charge is 2.28. The number of aromatic nitrogens is 3. The molecule has 1 aliphatic carbocycles. The molecule has 0 aliphatic heterocycles. The Hall–Kier alpha value is -0.420. The quantitative estimate of drug-likeness (QED) is 0.893. The van der Waals surface area contributed by atoms with Gasteiger partial charge in [-0.05, 0) is 35.3 Å². The Labute approximate surface area is 92.2 Å². The van der Waals surface area contributed by atoms with Crippen molar-refractivity contribution in [3.63, 3.8) is 0 Å². The second-order valence-corrected chi connectivity index (χ2v) is 4.66. The Kier molecular flexibility index (Phi) is 2.88. The first kappa shape index (κ1) is 10.1. The molecule has 1 N–H and O–H groups in total. The van der Waals surface area contributed by atoms with Gasteiger partial charge in [0, 0.05) is 7.05 Å². The van der Waals surface area contributed by atoms with Crippen molar-refractivity contribution >= 4 is 15.9 Å². The summed E-state index contributed by atoms with van der Waals surface area (Å²) in [4.78, 5) is 0. The molecule has 4 nitrogen and oxygen atoms in total. The van der Waals surface area contributed by atoms with Gasteiger partial charge in [-0.25, -0.2) is 4.68 Å². The Balaban J connectivity index is 2.16. The molecule has 1 aromatic rings. The van der Waals surface area contributed by atoms with Crippen LogP contribution in [-0.2, 0) is 7.05 Å². The minimum absolute atomic E-state index is 0.372. The Morgan fingerprint density at radius 3 is 2.79 bits per heavy atom. The third kappa shape index (κ3) is 1.98. The van der Waals surface area contributed by atoms with Gasteiger partial charge in [-0.15, -0.1) is 5.10 Å². The van der Waals surface area contributed by atoms with Crippen molar-refractivity contribution in [3.8, 4) is 0 Å². The summed E-state index contributed by atoms with van der Waals surface area (Å²) in [6.07, 6.45) is 3.94. The van der Waals surface area contributed by atoms with E-state index in [0.717, 1.165) is 16.2 Å². The molecule has 0 spiro atoms. The van der Waals surface area contributed by atoms with Gasteiger partial charge in [0.25, 0.3) is 0 Å². The standard InChI is InChI=1S/C9H15BrN4/c1-11-7(5-6-3-4-6)8-9(10)12-13-14(8)2/h6-7,11H,3-5H2,1-2H3. The largest absolute Gasteiger partial charge is 0.312 e. The summed E-state index contributed by atoms with van der Waals surface area (Å²) in [5, 5.41) is 11.3. The topological polar surface area (TPSA) is 42.7 Å². The molecule has 1 unspecified atom stereocenters. The number of hydrogen-bond acceptors (Lipinski definition) is 3. The lowest BCUT2D eigenvalue weighted by atomic mass is 10.1. The average molecular weight is 259 g/mol. The fraction of sp³-hybridized carbons (Fsp3) is 0.778. The lowest BCUT2D eigenvalue weighted by Gasteiger charge is -2.15. The fourth-order valence-corrected chi connectivity index (χ4v) is 2.37. The molecule has 1 saturated carbocycles. The monoisotopic (exact) mass is 258 g/mol. The predicted molar refractivity (Wildman–Crippen MR) is 57.8 cm³/mol. The third-order valence-corrected chi connectivity index (χ3v) is 3.34. The summed E-state index contributed by atoms with van der Waals surface area (Å²) in [6, 6.07) is 0.372. The van der Waals surface area contributed by atoms with Gasteiger partial charge < -0.3 is 5.32 Å². The molecular weight excluding hydrogens is 244 g/mol. The molecule has 1 atom stereocenters. The molecule has 0 saturated heterocycles. The van der Waals surface area contributed by atoms with Crippen molar-refractivity contribution in [3.05, 3.63) is 10.3 Å². The van der Waals surface area contributed by atoms with Crippen molar-refractivity contribution in [2.24, 2.45) is 13.0 Å². The molecule has 1 aliphatic rings. The summed E-state index contributed by atoms with van der Waals surface area (Å²) in [5.41, 5.74) is 1.15. The number of nitrogens with one attached hydrogen (secondary N) is 1. The molecule has 1 heterocycles. The van der Waals surface area contributed by atoms with E-state index >= 15 is 0 Å². The average Bonchev–Trinajstić information content (AvgIpc) is 2.92. The zero-order valence-corrected chi connectivity index (χ0v) is 10.1. The SMILES string of the molecule is CNC(CC1CC1)c1c(Br)nnn1C. The molecule has 78 valence electrons. The van der Waals surface area contributed by atoms with E-state index in [9.17, 15) is 0 Å². The zero-order valence-electron chi connectivity index (χ0n) is 8.50. The van der Waals surface area contributed by atoms with Crippen molar-refractivity contribution in [1.29, 1.82) is 0 Å². The van der Waals surface area contributed by atoms with Crippen LogP contribution >= 0.6 is 15.9 Å². The predicted octanol–water partition coefficient (Wildman–Crippen LogP) is 1.64. The van der Waals surface area contributed by atoms with Crippen LogP contribution in [0.15, 0.2) is 4.60 Å². The molecule has 2 rings (SSSR count). The normalized spacial score (nSPS) is 18.5. The van der Waals surface area contributed by atoms with Gasteiger partial charge in [0.1, 0.15) is 0 Å². The first-order chi connectivity index (χ1) is 6.72. The van der Waals surface area contributed by atoms with E-state index < -0.39 is 0 Å². The Morgan fingerprint density at radius 2 is 2.36 bits per heavy atom. The van der Waals surface area contributed by atoms with E-state index in [1.165, 1.54) is 19.3 Å². The maximum Gasteiger partial charge on any atom is 0.153 e. The van der Waals surface area contributed by atoms with Gasteiger partial charge in [0.05, 0.1) is 11.7 Å². The van der Waals surface area contributed by atoms with E-state index in [1.54, 1.807) is 0 Å². The van der Waals surface area contributed by atoms with Gasteiger partial charge in [-0.3, -0.25) is 0 Å². The van der Waals surface area contributed by atoms with Crippen molar-refractivity contribution in [2.45, 2.75) is 25.3 Å². The molecule has 0 aromatic carbocycles. The van der Waals surface area contributed by atoms with Gasteiger partial charge in [0.15, 0.2) is 4.60 Å². The van der Waals surface area contributed by atoms with Crippen molar-refractivity contribution < 1.29 is 0 Å². The second-order valence-electron chi connectivity index (χ2n) is 3.91. The minimum atomic E-state index is 0.372. The first-order valence-corrected chi connectivity index (χ1v) is 5.74. The Morgan fingerprint density at radius 1 is 1.64 bits per heavy atom. The lowest BCUT2D eigenvalue weighted by molar-refractivity contribution is 0.477. The summed E-state index contributed by atoms with van der Waals surface area (Å²) >= 11 is 3.43. The minimum Gasteiger partial charge on any atom is -0.312 e. The number of hydrogen-bond donors (Lipinski definition) is 1. The summed E-state index contributed by atoms with van der Waals surface area (Å²) in [7, 11) is 3.93. The van der Waals surface area contributed by atoms with Gasteiger partial charge in [-0.2, -0.15) is 0 Å². The van der Waals surface area contributed by atoms with E-state index in [2.05, 4.69) is 31.6 Å². The first-order valence-electron chi connectivity index (χ1n) is 4.94. The number of nitrogens with zero attached hydrogens (tertiary/aromatic N) is 3. The van der Waals surface area contributed by atoms with Crippen LogP contribution in [-0.4, -0.2) is 22.0 Å². The Bertz CT molecular complexity index is 299. The molecule has 1 fully saturated rings. The van der Waals surface area contributed by atoms with Crippen LogP contribution in [0.25, 0.3) is 0 Å². The molecule has 14 heavy (non-hydrogen) atoms. The molecule has 0 amide bonds. The van der Waals surface area contributed by atoms with Crippen LogP contribution < -0.4 is 5.32 Å². The summed E-state index contributed by atoms with van der Waals surface area (Å²) in [5.74, 6) is 0.897. The third-order valence-electron chi connectivity index (χ3n) is 2.77. The number of halogens is 1. The van der Waals surface area contributed by atoms with Crippen LogP contribution in [0.5, 0.6) is 0 Å². The maximum absolute atomic E-state index is 4.00. The number of aryl methyl sites for hydroxylation is 1. The highest BCUT2D eigenvalue weighted by molar-refractivity contribution is 9.10. The molecule has 0 radical (unpaired) electrons. The van der Waals surface area contributed by atoms with Crippen molar-refractivity contribution in [1.82, 2.24) is 20.3 Å². The molecule has 0 bridgehead atoms. The van der Waals surface area contributed by atoms with E-state index in [-0.39, 0.29) is 0 Å². The molecule has 1 aromatic heterocycles. The van der Waals surface area contributed by atoms with E-state index in [1.807, 2.05) is 18.8 Å². The van der Waals surface area contributed by atoms with Crippen LogP contribution in [0.2, 0.25) is 0 Å². The molecular formula is C9H15BrN4. The van der Waals surface area contributed by atoms with Gasteiger partial charge in [0.2, 0.25) is 0 Å². The lowest BCUT2D eigenvalue weighted by Crippen LogP contribution is -2.20. The summed E-state index contributed by atoms with van der Waals surface area (Å²) < 4.78 is 2.70. The highest BCUT2D eigenvalue weighted by atomic mass is 79.9. The second kappa shape index (κ2) is 3.98. The van der Waals surface area contributed by atoms with Crippen molar-refractivity contribution in [2.75, 3.05) is 7.05 Å². The molecule has 5 heteroatoms.